The van der Waals surface area contributed by atoms with Crippen molar-refractivity contribution in [1.29, 1.82) is 0 Å². The zero-order valence-corrected chi connectivity index (χ0v) is 15.9. The van der Waals surface area contributed by atoms with Crippen LogP contribution in [-0.4, -0.2) is 46.2 Å². The largest absolute Gasteiger partial charge is 0.497 e. The van der Waals surface area contributed by atoms with Crippen LogP contribution < -0.4 is 9.47 Å². The summed E-state index contributed by atoms with van der Waals surface area (Å²) in [6.45, 7) is 2.71. The van der Waals surface area contributed by atoms with E-state index >= 15 is 0 Å². The number of hydrogen-bond donors (Lipinski definition) is 0. The number of epoxide rings is 1. The molecule has 3 rings (SSSR count). The lowest BCUT2D eigenvalue weighted by molar-refractivity contribution is 0.288. The van der Waals surface area contributed by atoms with Crippen LogP contribution in [0.2, 0.25) is 0 Å². The molecule has 0 bridgehead atoms. The van der Waals surface area contributed by atoms with Gasteiger partial charge in [0.1, 0.15) is 11.5 Å². The fraction of sp³-hybridized carbons (Fsp3) is 0.368. The Hall–Kier alpha value is -2.09. The molecule has 1 aliphatic heterocycles. The van der Waals surface area contributed by atoms with E-state index in [1.807, 2.05) is 13.0 Å². The van der Waals surface area contributed by atoms with Gasteiger partial charge in [0.25, 0.3) is 0 Å². The molecular weight excluding hydrogens is 354 g/mol. The van der Waals surface area contributed by atoms with Crippen molar-refractivity contribution in [2.24, 2.45) is 0 Å². The molecule has 0 saturated carbocycles. The van der Waals surface area contributed by atoms with Gasteiger partial charge < -0.3 is 14.2 Å². The summed E-state index contributed by atoms with van der Waals surface area (Å²) in [6.07, 6.45) is -0.0764. The third kappa shape index (κ3) is 3.85. The first kappa shape index (κ1) is 18.7. The normalized spacial score (nSPS) is 17.8. The maximum Gasteiger partial charge on any atom is 0.243 e. The molecule has 7 heteroatoms. The summed E-state index contributed by atoms with van der Waals surface area (Å²) in [5.74, 6) is 1.26. The average molecular weight is 377 g/mol. The predicted octanol–water partition coefficient (Wildman–Crippen LogP) is 2.85. The highest BCUT2D eigenvalue weighted by Gasteiger charge is 2.37. The Bertz CT molecular complexity index is 849. The van der Waals surface area contributed by atoms with Gasteiger partial charge in [-0.1, -0.05) is 18.2 Å². The van der Waals surface area contributed by atoms with Gasteiger partial charge >= 0.3 is 0 Å². The molecule has 1 heterocycles. The second kappa shape index (κ2) is 7.65. The molecule has 0 spiro atoms. The predicted molar refractivity (Wildman–Crippen MR) is 98.0 cm³/mol. The van der Waals surface area contributed by atoms with Crippen molar-refractivity contribution in [3.8, 4) is 11.5 Å². The molecule has 1 aliphatic rings. The van der Waals surface area contributed by atoms with Crippen molar-refractivity contribution in [2.75, 3.05) is 27.4 Å². The first-order valence-corrected chi connectivity index (χ1v) is 9.81. The molecule has 1 fully saturated rings. The van der Waals surface area contributed by atoms with Gasteiger partial charge in [-0.05, 0) is 37.3 Å². The van der Waals surface area contributed by atoms with E-state index in [2.05, 4.69) is 0 Å². The molecule has 26 heavy (non-hydrogen) atoms. The van der Waals surface area contributed by atoms with E-state index in [-0.39, 0.29) is 11.0 Å². The molecule has 0 amide bonds. The van der Waals surface area contributed by atoms with Gasteiger partial charge in [-0.15, -0.1) is 0 Å². The van der Waals surface area contributed by atoms with Crippen LogP contribution in [0.5, 0.6) is 11.5 Å². The SMILES string of the molecule is COc1ccc(OC)c(C(C)N(CC2CO2)S(=O)(=O)c2ccccc2)c1. The minimum atomic E-state index is -3.69. The molecule has 2 atom stereocenters. The van der Waals surface area contributed by atoms with Crippen LogP contribution in [0.1, 0.15) is 18.5 Å². The summed E-state index contributed by atoms with van der Waals surface area (Å²) < 4.78 is 44.0. The van der Waals surface area contributed by atoms with E-state index in [1.165, 1.54) is 4.31 Å². The molecule has 0 radical (unpaired) electrons. The minimum Gasteiger partial charge on any atom is -0.497 e. The number of benzene rings is 2. The summed E-state index contributed by atoms with van der Waals surface area (Å²) in [5.41, 5.74) is 0.743. The van der Waals surface area contributed by atoms with E-state index in [0.717, 1.165) is 5.56 Å². The summed E-state index contributed by atoms with van der Waals surface area (Å²) >= 11 is 0. The summed E-state index contributed by atoms with van der Waals surface area (Å²) in [5, 5.41) is 0. The van der Waals surface area contributed by atoms with E-state index in [4.69, 9.17) is 14.2 Å². The lowest BCUT2D eigenvalue weighted by Crippen LogP contribution is -2.36. The van der Waals surface area contributed by atoms with Crippen molar-refractivity contribution in [2.45, 2.75) is 24.0 Å². The zero-order valence-electron chi connectivity index (χ0n) is 15.1. The molecule has 6 nitrogen and oxygen atoms in total. The van der Waals surface area contributed by atoms with E-state index in [9.17, 15) is 8.42 Å². The van der Waals surface area contributed by atoms with Crippen LogP contribution in [0.25, 0.3) is 0 Å². The Labute approximate surface area is 154 Å². The molecule has 0 aromatic heterocycles. The highest BCUT2D eigenvalue weighted by Crippen LogP contribution is 2.36. The molecular formula is C19H23NO5S. The quantitative estimate of drug-likeness (QED) is 0.662. The third-order valence-corrected chi connectivity index (χ3v) is 6.41. The number of hydrogen-bond acceptors (Lipinski definition) is 5. The van der Waals surface area contributed by atoms with Crippen LogP contribution >= 0.6 is 0 Å². The lowest BCUT2D eigenvalue weighted by atomic mass is 10.1. The van der Waals surface area contributed by atoms with Crippen molar-refractivity contribution in [1.82, 2.24) is 4.31 Å². The van der Waals surface area contributed by atoms with E-state index < -0.39 is 16.1 Å². The maximum absolute atomic E-state index is 13.3. The molecule has 1 saturated heterocycles. The molecule has 0 N–H and O–H groups in total. The lowest BCUT2D eigenvalue weighted by Gasteiger charge is -2.29. The van der Waals surface area contributed by atoms with Crippen LogP contribution in [0.4, 0.5) is 0 Å². The Balaban J connectivity index is 2.03. The van der Waals surface area contributed by atoms with Crippen molar-refractivity contribution >= 4 is 10.0 Å². The molecule has 140 valence electrons. The first-order chi connectivity index (χ1) is 12.5. The number of methoxy groups -OCH3 is 2. The molecule has 0 aliphatic carbocycles. The number of sulfonamides is 1. The van der Waals surface area contributed by atoms with E-state index in [1.54, 1.807) is 56.7 Å². The van der Waals surface area contributed by atoms with E-state index in [0.29, 0.717) is 24.7 Å². The second-order valence-electron chi connectivity index (χ2n) is 6.13. The van der Waals surface area contributed by atoms with Crippen molar-refractivity contribution in [3.05, 3.63) is 54.1 Å². The number of rotatable bonds is 8. The fourth-order valence-electron chi connectivity index (χ4n) is 2.89. The van der Waals surface area contributed by atoms with Crippen LogP contribution in [-0.2, 0) is 14.8 Å². The molecule has 2 aromatic carbocycles. The van der Waals surface area contributed by atoms with Crippen LogP contribution in [0.15, 0.2) is 53.4 Å². The summed E-state index contributed by atoms with van der Waals surface area (Å²) in [6, 6.07) is 13.4. The minimum absolute atomic E-state index is 0.0764. The van der Waals surface area contributed by atoms with Crippen LogP contribution in [0.3, 0.4) is 0 Å². The summed E-state index contributed by atoms with van der Waals surface area (Å²) in [4.78, 5) is 0.259. The number of ether oxygens (including phenoxy) is 3. The Kier molecular flexibility index (Phi) is 5.50. The van der Waals surface area contributed by atoms with Gasteiger partial charge in [0.05, 0.1) is 37.9 Å². The Morgan fingerprint density at radius 1 is 1.15 bits per heavy atom. The van der Waals surface area contributed by atoms with Gasteiger partial charge in [0, 0.05) is 12.1 Å². The van der Waals surface area contributed by atoms with Crippen molar-refractivity contribution in [3.63, 3.8) is 0 Å². The Morgan fingerprint density at radius 2 is 1.85 bits per heavy atom. The number of nitrogens with zero attached hydrogens (tertiary/aromatic N) is 1. The first-order valence-electron chi connectivity index (χ1n) is 8.37. The monoisotopic (exact) mass is 377 g/mol. The standard InChI is InChI=1S/C19H23NO5S/c1-14(18-11-15(23-2)9-10-19(18)24-3)20(12-16-13-25-16)26(21,22)17-7-5-4-6-8-17/h4-11,14,16H,12-13H2,1-3H3. The van der Waals surface area contributed by atoms with Gasteiger partial charge in [0.2, 0.25) is 10.0 Å². The van der Waals surface area contributed by atoms with Gasteiger partial charge in [-0.25, -0.2) is 8.42 Å². The zero-order chi connectivity index (χ0) is 18.7. The molecule has 2 unspecified atom stereocenters. The van der Waals surface area contributed by atoms with Crippen LogP contribution in [0, 0.1) is 0 Å². The third-order valence-electron chi connectivity index (χ3n) is 4.45. The van der Waals surface area contributed by atoms with Gasteiger partial charge in [0.15, 0.2) is 0 Å². The Morgan fingerprint density at radius 3 is 2.42 bits per heavy atom. The highest BCUT2D eigenvalue weighted by molar-refractivity contribution is 7.89. The smallest absolute Gasteiger partial charge is 0.243 e. The topological polar surface area (TPSA) is 68.4 Å². The highest BCUT2D eigenvalue weighted by atomic mass is 32.2. The fourth-order valence-corrected chi connectivity index (χ4v) is 4.55. The molecule has 2 aromatic rings. The van der Waals surface area contributed by atoms with Gasteiger partial charge in [-0.3, -0.25) is 0 Å². The van der Waals surface area contributed by atoms with Crippen molar-refractivity contribution < 1.29 is 22.6 Å². The average Bonchev–Trinajstić information content (AvgIpc) is 3.50. The summed E-state index contributed by atoms with van der Waals surface area (Å²) in [7, 11) is -0.547. The maximum atomic E-state index is 13.3. The second-order valence-corrected chi connectivity index (χ2v) is 8.02. The van der Waals surface area contributed by atoms with Gasteiger partial charge in [-0.2, -0.15) is 4.31 Å².